The minimum Gasteiger partial charge on any atom is -0.311 e. The first kappa shape index (κ1) is 11.9. The lowest BCUT2D eigenvalue weighted by Gasteiger charge is -2.28. The second kappa shape index (κ2) is 4.51. The van der Waals surface area contributed by atoms with Crippen molar-refractivity contribution in [2.45, 2.75) is 51.6 Å². The van der Waals surface area contributed by atoms with Crippen LogP contribution in [-0.2, 0) is 0 Å². The third-order valence-corrected chi connectivity index (χ3v) is 4.49. The smallest absolute Gasteiger partial charge is 0.166 e. The molecule has 1 aromatic rings. The van der Waals surface area contributed by atoms with E-state index in [4.69, 9.17) is 0 Å². The number of benzene rings is 1. The van der Waals surface area contributed by atoms with Crippen molar-refractivity contribution < 1.29 is 4.79 Å². The van der Waals surface area contributed by atoms with Crippen LogP contribution < -0.4 is 5.32 Å². The molecule has 3 rings (SSSR count). The number of carbonyl (C=O) groups excluding carboxylic acids is 1. The van der Waals surface area contributed by atoms with E-state index in [1.54, 1.807) is 0 Å². The van der Waals surface area contributed by atoms with Gasteiger partial charge in [0.25, 0.3) is 0 Å². The Balaban J connectivity index is 1.82. The molecule has 2 heteroatoms. The molecule has 1 N–H and O–H groups in total. The molecule has 2 unspecified atom stereocenters. The highest BCUT2D eigenvalue weighted by molar-refractivity contribution is 5.99. The number of carbonyl (C=O) groups is 1. The highest BCUT2D eigenvalue weighted by atomic mass is 16.1. The molecule has 18 heavy (non-hydrogen) atoms. The van der Waals surface area contributed by atoms with Crippen LogP contribution in [0.3, 0.4) is 0 Å². The maximum Gasteiger partial charge on any atom is 0.166 e. The number of nitrogens with one attached hydrogen (secondary N) is 1. The number of rotatable bonds is 2. The third-order valence-electron chi connectivity index (χ3n) is 4.49. The fourth-order valence-electron chi connectivity index (χ4n) is 3.58. The molecule has 2 fully saturated rings. The van der Waals surface area contributed by atoms with E-state index in [0.29, 0.717) is 17.9 Å². The summed E-state index contributed by atoms with van der Waals surface area (Å²) in [5, 5.41) is 3.60. The van der Waals surface area contributed by atoms with Gasteiger partial charge in [-0.2, -0.15) is 0 Å². The lowest BCUT2D eigenvalue weighted by atomic mass is 9.84. The summed E-state index contributed by atoms with van der Waals surface area (Å²) in [6.45, 7) is 4.13. The third kappa shape index (κ3) is 2.10. The summed E-state index contributed by atoms with van der Waals surface area (Å²) in [6.07, 6.45) is 4.56. The van der Waals surface area contributed by atoms with Crippen LogP contribution in [0.25, 0.3) is 0 Å². The van der Waals surface area contributed by atoms with Gasteiger partial charge in [-0.05, 0) is 45.1 Å². The SMILES string of the molecule is Cc1ccc(C(=O)C2CC3CCC(C2)N3)c(C)c1. The van der Waals surface area contributed by atoms with Crippen molar-refractivity contribution in [3.05, 3.63) is 34.9 Å². The molecule has 0 radical (unpaired) electrons. The van der Waals surface area contributed by atoms with Gasteiger partial charge in [0.1, 0.15) is 0 Å². The lowest BCUT2D eigenvalue weighted by Crippen LogP contribution is -2.40. The van der Waals surface area contributed by atoms with Crippen LogP contribution in [0.1, 0.15) is 47.2 Å². The maximum atomic E-state index is 12.6. The first-order valence-electron chi connectivity index (χ1n) is 7.01. The van der Waals surface area contributed by atoms with E-state index in [2.05, 4.69) is 31.3 Å². The van der Waals surface area contributed by atoms with Gasteiger partial charge in [-0.1, -0.05) is 23.8 Å². The molecule has 0 spiro atoms. The molecule has 2 heterocycles. The molecular formula is C16H21NO. The predicted octanol–water partition coefficient (Wildman–Crippen LogP) is 3.02. The summed E-state index contributed by atoms with van der Waals surface area (Å²) < 4.78 is 0. The van der Waals surface area contributed by atoms with Crippen molar-refractivity contribution >= 4 is 5.78 Å². The average molecular weight is 243 g/mol. The van der Waals surface area contributed by atoms with Gasteiger partial charge in [0.05, 0.1) is 0 Å². The van der Waals surface area contributed by atoms with Crippen molar-refractivity contribution in [1.29, 1.82) is 0 Å². The number of ketones is 1. The van der Waals surface area contributed by atoms with Crippen molar-refractivity contribution in [2.24, 2.45) is 5.92 Å². The quantitative estimate of drug-likeness (QED) is 0.809. The van der Waals surface area contributed by atoms with E-state index in [9.17, 15) is 4.79 Å². The van der Waals surface area contributed by atoms with Gasteiger partial charge in [-0.3, -0.25) is 4.79 Å². The van der Waals surface area contributed by atoms with E-state index < -0.39 is 0 Å². The minimum atomic E-state index is 0.241. The second-order valence-corrected chi connectivity index (χ2v) is 5.99. The first-order chi connectivity index (χ1) is 8.63. The van der Waals surface area contributed by atoms with Gasteiger partial charge in [0, 0.05) is 23.6 Å². The molecule has 2 aliphatic rings. The van der Waals surface area contributed by atoms with Crippen LogP contribution in [0, 0.1) is 19.8 Å². The zero-order valence-electron chi connectivity index (χ0n) is 11.2. The largest absolute Gasteiger partial charge is 0.311 e. The van der Waals surface area contributed by atoms with Gasteiger partial charge in [-0.15, -0.1) is 0 Å². The van der Waals surface area contributed by atoms with E-state index in [-0.39, 0.29) is 5.92 Å². The Morgan fingerprint density at radius 1 is 1.17 bits per heavy atom. The first-order valence-corrected chi connectivity index (χ1v) is 7.01. The Hall–Kier alpha value is -1.15. The van der Waals surface area contributed by atoms with Crippen molar-refractivity contribution in [1.82, 2.24) is 5.32 Å². The number of hydrogen-bond donors (Lipinski definition) is 1. The molecule has 2 saturated heterocycles. The number of hydrogen-bond acceptors (Lipinski definition) is 2. The molecule has 96 valence electrons. The van der Waals surface area contributed by atoms with Crippen LogP contribution in [0.4, 0.5) is 0 Å². The summed E-state index contributed by atoms with van der Waals surface area (Å²) in [5.41, 5.74) is 3.30. The van der Waals surface area contributed by atoms with E-state index in [1.165, 1.54) is 18.4 Å². The van der Waals surface area contributed by atoms with Gasteiger partial charge < -0.3 is 5.32 Å². The van der Waals surface area contributed by atoms with E-state index >= 15 is 0 Å². The summed E-state index contributed by atoms with van der Waals surface area (Å²) >= 11 is 0. The Morgan fingerprint density at radius 3 is 2.44 bits per heavy atom. The van der Waals surface area contributed by atoms with Gasteiger partial charge in [-0.25, -0.2) is 0 Å². The highest BCUT2D eigenvalue weighted by Gasteiger charge is 2.37. The number of piperidine rings is 1. The standard InChI is InChI=1S/C16H21NO/c1-10-3-6-15(11(2)7-10)16(18)12-8-13-4-5-14(9-12)17-13/h3,6-7,12-14,17H,4-5,8-9H2,1-2H3. The molecular weight excluding hydrogens is 222 g/mol. The lowest BCUT2D eigenvalue weighted by molar-refractivity contribution is 0.0875. The van der Waals surface area contributed by atoms with Crippen LogP contribution >= 0.6 is 0 Å². The van der Waals surface area contributed by atoms with Gasteiger partial charge >= 0.3 is 0 Å². The summed E-state index contributed by atoms with van der Waals surface area (Å²) in [6, 6.07) is 7.35. The monoisotopic (exact) mass is 243 g/mol. The molecule has 2 nitrogen and oxygen atoms in total. The topological polar surface area (TPSA) is 29.1 Å². The van der Waals surface area contributed by atoms with Crippen LogP contribution in [-0.4, -0.2) is 17.9 Å². The van der Waals surface area contributed by atoms with Crippen molar-refractivity contribution in [3.8, 4) is 0 Å². The van der Waals surface area contributed by atoms with Crippen LogP contribution in [0.5, 0.6) is 0 Å². The number of fused-ring (bicyclic) bond motifs is 2. The maximum absolute atomic E-state index is 12.6. The summed E-state index contributed by atoms with van der Waals surface area (Å²) in [4.78, 5) is 12.6. The molecule has 0 saturated carbocycles. The van der Waals surface area contributed by atoms with Crippen LogP contribution in [0.15, 0.2) is 18.2 Å². The summed E-state index contributed by atoms with van der Waals surface area (Å²) in [5.74, 6) is 0.607. The Morgan fingerprint density at radius 2 is 1.83 bits per heavy atom. The molecule has 0 amide bonds. The molecule has 0 aromatic heterocycles. The zero-order valence-corrected chi connectivity index (χ0v) is 11.2. The average Bonchev–Trinajstić information content (AvgIpc) is 2.67. The normalized spacial score (nSPS) is 30.4. The molecule has 0 aliphatic carbocycles. The molecule has 2 aliphatic heterocycles. The van der Waals surface area contributed by atoms with Gasteiger partial charge in [0.15, 0.2) is 5.78 Å². The molecule has 2 bridgehead atoms. The minimum absolute atomic E-state index is 0.241. The van der Waals surface area contributed by atoms with Crippen molar-refractivity contribution in [2.75, 3.05) is 0 Å². The molecule has 2 atom stereocenters. The number of Topliss-reactive ketones (excluding diaryl/α,β-unsaturated/α-hetero) is 1. The predicted molar refractivity (Wildman–Crippen MR) is 72.9 cm³/mol. The fraction of sp³-hybridized carbons (Fsp3) is 0.562. The zero-order chi connectivity index (χ0) is 12.7. The second-order valence-electron chi connectivity index (χ2n) is 5.99. The Kier molecular flexibility index (Phi) is 2.98. The van der Waals surface area contributed by atoms with E-state index in [0.717, 1.165) is 24.0 Å². The highest BCUT2D eigenvalue weighted by Crippen LogP contribution is 2.33. The van der Waals surface area contributed by atoms with E-state index in [1.807, 2.05) is 6.07 Å². The van der Waals surface area contributed by atoms with Crippen LogP contribution in [0.2, 0.25) is 0 Å². The number of aryl methyl sites for hydroxylation is 2. The summed E-state index contributed by atoms with van der Waals surface area (Å²) in [7, 11) is 0. The Labute approximate surface area is 109 Å². The van der Waals surface area contributed by atoms with Gasteiger partial charge in [0.2, 0.25) is 0 Å². The fourth-order valence-corrected chi connectivity index (χ4v) is 3.58. The Bertz CT molecular complexity index is 468. The van der Waals surface area contributed by atoms with Crippen molar-refractivity contribution in [3.63, 3.8) is 0 Å². The molecule has 1 aromatic carbocycles.